The van der Waals surface area contributed by atoms with Gasteiger partial charge < -0.3 is 16.2 Å². The lowest BCUT2D eigenvalue weighted by molar-refractivity contribution is -0.129. The van der Waals surface area contributed by atoms with E-state index in [0.717, 1.165) is 10.0 Å². The van der Waals surface area contributed by atoms with Crippen molar-refractivity contribution in [1.82, 2.24) is 5.32 Å². The molecule has 1 aromatic carbocycles. The molecule has 0 spiro atoms. The van der Waals surface area contributed by atoms with Crippen molar-refractivity contribution >= 4 is 21.8 Å². The van der Waals surface area contributed by atoms with Crippen molar-refractivity contribution in [3.05, 3.63) is 34.3 Å². The van der Waals surface area contributed by atoms with Crippen molar-refractivity contribution in [2.24, 2.45) is 5.73 Å². The third-order valence-corrected chi connectivity index (χ3v) is 3.38. The van der Waals surface area contributed by atoms with E-state index in [1.807, 2.05) is 38.1 Å². The topological polar surface area (TPSA) is 75.3 Å². The van der Waals surface area contributed by atoms with Gasteiger partial charge in [-0.05, 0) is 17.7 Å². The fraction of sp³-hybridized carbons (Fsp3) is 0.462. The first kappa shape index (κ1) is 15.1. The van der Waals surface area contributed by atoms with Crippen LogP contribution >= 0.6 is 15.9 Å². The number of rotatable bonds is 5. The van der Waals surface area contributed by atoms with Gasteiger partial charge in [0.2, 0.25) is 5.91 Å². The van der Waals surface area contributed by atoms with Crippen LogP contribution in [0.3, 0.4) is 0 Å². The van der Waals surface area contributed by atoms with Gasteiger partial charge in [0.15, 0.2) is 0 Å². The predicted molar refractivity (Wildman–Crippen MR) is 75.2 cm³/mol. The maximum absolute atomic E-state index is 11.5. The van der Waals surface area contributed by atoms with Crippen LogP contribution in [0.25, 0.3) is 0 Å². The minimum atomic E-state index is -1.13. The van der Waals surface area contributed by atoms with E-state index in [0.29, 0.717) is 6.54 Å². The predicted octanol–water partition coefficient (Wildman–Crippen LogP) is 1.16. The fourth-order valence-electron chi connectivity index (χ4n) is 1.54. The molecule has 1 unspecified atom stereocenters. The quantitative estimate of drug-likeness (QED) is 0.763. The van der Waals surface area contributed by atoms with Gasteiger partial charge in [0.1, 0.15) is 6.10 Å². The Hall–Kier alpha value is -0.910. The molecule has 4 nitrogen and oxygen atoms in total. The number of aliphatic hydroxyl groups is 1. The van der Waals surface area contributed by atoms with Crippen LogP contribution in [0, 0.1) is 0 Å². The average Bonchev–Trinajstić information content (AvgIpc) is 2.35. The highest BCUT2D eigenvalue weighted by molar-refractivity contribution is 9.10. The number of carbonyl (C=O) groups is 1. The molecule has 0 bridgehead atoms. The van der Waals surface area contributed by atoms with Crippen molar-refractivity contribution in [2.75, 3.05) is 13.1 Å². The van der Waals surface area contributed by atoms with Gasteiger partial charge in [-0.2, -0.15) is 0 Å². The summed E-state index contributed by atoms with van der Waals surface area (Å²) in [7, 11) is 0. The second-order valence-corrected chi connectivity index (χ2v) is 5.78. The van der Waals surface area contributed by atoms with E-state index in [-0.39, 0.29) is 12.0 Å². The molecule has 0 saturated heterocycles. The van der Waals surface area contributed by atoms with Crippen molar-refractivity contribution in [3.8, 4) is 0 Å². The van der Waals surface area contributed by atoms with Crippen LogP contribution in [0.5, 0.6) is 0 Å². The molecule has 0 heterocycles. The summed E-state index contributed by atoms with van der Waals surface area (Å²) in [6.07, 6.45) is -1.13. The molecule has 1 rings (SSSR count). The molecule has 1 aromatic rings. The van der Waals surface area contributed by atoms with Crippen molar-refractivity contribution in [1.29, 1.82) is 0 Å². The molecule has 0 aliphatic heterocycles. The third kappa shape index (κ3) is 4.08. The van der Waals surface area contributed by atoms with Gasteiger partial charge >= 0.3 is 0 Å². The Bertz CT molecular complexity index is 404. The van der Waals surface area contributed by atoms with Gasteiger partial charge in [-0.1, -0.05) is 41.9 Å². The summed E-state index contributed by atoms with van der Waals surface area (Å²) in [5.74, 6) is -0.428. The molecular formula is C13H19BrN2O2. The van der Waals surface area contributed by atoms with Crippen LogP contribution in [0.1, 0.15) is 19.4 Å². The Kier molecular flexibility index (Phi) is 5.31. The molecule has 5 heteroatoms. The number of nitrogens with two attached hydrogens (primary N) is 1. The maximum Gasteiger partial charge on any atom is 0.250 e. The first-order chi connectivity index (χ1) is 8.36. The van der Waals surface area contributed by atoms with Gasteiger partial charge in [-0.25, -0.2) is 0 Å². The molecule has 0 radical (unpaired) electrons. The number of aliphatic hydroxyl groups excluding tert-OH is 1. The van der Waals surface area contributed by atoms with Gasteiger partial charge in [0.25, 0.3) is 0 Å². The third-order valence-electron chi connectivity index (χ3n) is 2.86. The van der Waals surface area contributed by atoms with E-state index in [1.165, 1.54) is 0 Å². The van der Waals surface area contributed by atoms with E-state index in [2.05, 4.69) is 21.2 Å². The Labute approximate surface area is 116 Å². The SMILES string of the molecule is CC(C)(CNC(=O)C(O)CN)c1ccc(Br)cc1. The first-order valence-corrected chi connectivity index (χ1v) is 6.58. The van der Waals surface area contributed by atoms with E-state index in [9.17, 15) is 9.90 Å². The summed E-state index contributed by atoms with van der Waals surface area (Å²) in [6.45, 7) is 4.45. The molecule has 1 atom stereocenters. The molecule has 0 fully saturated rings. The molecule has 0 aliphatic rings. The van der Waals surface area contributed by atoms with Crippen LogP contribution in [-0.2, 0) is 10.2 Å². The summed E-state index contributed by atoms with van der Waals surface area (Å²) >= 11 is 3.39. The van der Waals surface area contributed by atoms with Gasteiger partial charge in [0, 0.05) is 23.0 Å². The highest BCUT2D eigenvalue weighted by atomic mass is 79.9. The average molecular weight is 315 g/mol. The fourth-order valence-corrected chi connectivity index (χ4v) is 1.80. The lowest BCUT2D eigenvalue weighted by Gasteiger charge is -2.26. The minimum absolute atomic E-state index is 0.0649. The zero-order valence-electron chi connectivity index (χ0n) is 10.6. The number of hydrogen-bond acceptors (Lipinski definition) is 3. The largest absolute Gasteiger partial charge is 0.382 e. The molecule has 100 valence electrons. The summed E-state index contributed by atoms with van der Waals surface area (Å²) < 4.78 is 1.02. The Balaban J connectivity index is 2.65. The van der Waals surface area contributed by atoms with Crippen LogP contribution in [0.2, 0.25) is 0 Å². The Morgan fingerprint density at radius 1 is 1.44 bits per heavy atom. The van der Waals surface area contributed by atoms with Crippen molar-refractivity contribution < 1.29 is 9.90 Å². The molecular weight excluding hydrogens is 296 g/mol. The number of amides is 1. The maximum atomic E-state index is 11.5. The summed E-state index contributed by atoms with van der Waals surface area (Å²) in [5.41, 5.74) is 6.14. The Morgan fingerprint density at radius 2 is 2.00 bits per heavy atom. The second kappa shape index (κ2) is 6.31. The number of nitrogens with one attached hydrogen (secondary N) is 1. The van der Waals surface area contributed by atoms with E-state index in [1.54, 1.807) is 0 Å². The smallest absolute Gasteiger partial charge is 0.250 e. The molecule has 1 amide bonds. The van der Waals surface area contributed by atoms with Crippen LogP contribution in [0.4, 0.5) is 0 Å². The number of benzene rings is 1. The minimum Gasteiger partial charge on any atom is -0.382 e. The summed E-state index contributed by atoms with van der Waals surface area (Å²) in [5, 5.41) is 12.0. The number of carbonyl (C=O) groups excluding carboxylic acids is 1. The van der Waals surface area contributed by atoms with E-state index < -0.39 is 12.0 Å². The van der Waals surface area contributed by atoms with E-state index in [4.69, 9.17) is 5.73 Å². The van der Waals surface area contributed by atoms with Gasteiger partial charge in [-0.15, -0.1) is 0 Å². The normalized spacial score (nSPS) is 13.2. The zero-order chi connectivity index (χ0) is 13.8. The highest BCUT2D eigenvalue weighted by Gasteiger charge is 2.22. The molecule has 0 aliphatic carbocycles. The Morgan fingerprint density at radius 3 is 2.50 bits per heavy atom. The first-order valence-electron chi connectivity index (χ1n) is 5.78. The molecule has 4 N–H and O–H groups in total. The molecule has 18 heavy (non-hydrogen) atoms. The van der Waals surface area contributed by atoms with E-state index >= 15 is 0 Å². The summed E-state index contributed by atoms with van der Waals surface area (Å²) in [6, 6.07) is 7.95. The number of hydrogen-bond donors (Lipinski definition) is 3. The van der Waals surface area contributed by atoms with Crippen LogP contribution in [-0.4, -0.2) is 30.2 Å². The lowest BCUT2D eigenvalue weighted by atomic mass is 9.84. The second-order valence-electron chi connectivity index (χ2n) is 4.86. The van der Waals surface area contributed by atoms with Gasteiger partial charge in [0.05, 0.1) is 0 Å². The molecule has 0 saturated carbocycles. The standard InChI is InChI=1S/C13H19BrN2O2/c1-13(2,8-16-12(18)11(17)7-15)9-3-5-10(14)6-4-9/h3-6,11,17H,7-8,15H2,1-2H3,(H,16,18). The summed E-state index contributed by atoms with van der Waals surface area (Å²) in [4.78, 5) is 11.5. The van der Waals surface area contributed by atoms with Crippen LogP contribution < -0.4 is 11.1 Å². The highest BCUT2D eigenvalue weighted by Crippen LogP contribution is 2.23. The number of halogens is 1. The van der Waals surface area contributed by atoms with Crippen molar-refractivity contribution in [3.63, 3.8) is 0 Å². The zero-order valence-corrected chi connectivity index (χ0v) is 12.2. The van der Waals surface area contributed by atoms with Crippen molar-refractivity contribution in [2.45, 2.75) is 25.4 Å². The lowest BCUT2D eigenvalue weighted by Crippen LogP contribution is -2.44. The van der Waals surface area contributed by atoms with Gasteiger partial charge in [-0.3, -0.25) is 4.79 Å². The monoisotopic (exact) mass is 314 g/mol. The molecule has 0 aromatic heterocycles. The van der Waals surface area contributed by atoms with Crippen LogP contribution in [0.15, 0.2) is 28.7 Å².